The Hall–Kier alpha value is -0.900. The molecule has 1 rings (SSSR count). The first-order valence-corrected chi connectivity index (χ1v) is 4.70. The van der Waals surface area contributed by atoms with Gasteiger partial charge in [0, 0.05) is 10.0 Å². The minimum Gasteiger partial charge on any atom is -0.323 e. The van der Waals surface area contributed by atoms with Gasteiger partial charge in [0.1, 0.15) is 5.82 Å². The first-order chi connectivity index (χ1) is 6.19. The van der Waals surface area contributed by atoms with Crippen LogP contribution in [-0.4, -0.2) is 5.71 Å². The maximum Gasteiger partial charge on any atom is 0.132 e. The van der Waals surface area contributed by atoms with E-state index in [-0.39, 0.29) is 5.82 Å². The number of hydrogen-bond acceptors (Lipinski definition) is 2. The number of nitrogens with zero attached hydrogens (tertiary/aromatic N) is 1. The number of nitrogens with two attached hydrogens (primary N) is 1. The zero-order chi connectivity index (χ0) is 9.84. The average Bonchev–Trinajstić information content (AvgIpc) is 2.13. The highest BCUT2D eigenvalue weighted by molar-refractivity contribution is 9.10. The second-order valence-corrected chi connectivity index (χ2v) is 3.47. The highest BCUT2D eigenvalue weighted by Gasteiger charge is 2.07. The number of hydrazone groups is 1. The van der Waals surface area contributed by atoms with Crippen molar-refractivity contribution in [2.24, 2.45) is 10.9 Å². The van der Waals surface area contributed by atoms with Gasteiger partial charge in [0.2, 0.25) is 0 Å². The van der Waals surface area contributed by atoms with Crippen LogP contribution in [0.25, 0.3) is 0 Å². The molecule has 0 saturated heterocycles. The zero-order valence-electron chi connectivity index (χ0n) is 7.22. The van der Waals surface area contributed by atoms with E-state index in [1.807, 2.05) is 6.92 Å². The Kier molecular flexibility index (Phi) is 3.42. The standard InChI is InChI=1S/C9H10BrFN2/c1-2-9(13-12)7-5-6(10)3-4-8(7)11/h3-5H,2,12H2,1H3/b13-9-. The minimum atomic E-state index is -0.297. The normalized spacial score (nSPS) is 11.8. The first-order valence-electron chi connectivity index (χ1n) is 3.91. The lowest BCUT2D eigenvalue weighted by Gasteiger charge is -2.04. The van der Waals surface area contributed by atoms with Crippen LogP contribution in [0.5, 0.6) is 0 Å². The van der Waals surface area contributed by atoms with Crippen molar-refractivity contribution in [2.45, 2.75) is 13.3 Å². The molecule has 0 bridgehead atoms. The third-order valence-corrected chi connectivity index (χ3v) is 2.22. The summed E-state index contributed by atoms with van der Waals surface area (Å²) in [6.07, 6.45) is 0.615. The molecule has 0 aliphatic rings. The summed E-state index contributed by atoms with van der Waals surface area (Å²) in [5.41, 5.74) is 1.03. The molecule has 2 nitrogen and oxygen atoms in total. The van der Waals surface area contributed by atoms with Crippen molar-refractivity contribution >= 4 is 21.6 Å². The van der Waals surface area contributed by atoms with Crippen LogP contribution in [0.15, 0.2) is 27.8 Å². The molecule has 0 spiro atoms. The summed E-state index contributed by atoms with van der Waals surface area (Å²) < 4.78 is 14.1. The molecule has 0 amide bonds. The van der Waals surface area contributed by atoms with Crippen LogP contribution >= 0.6 is 15.9 Å². The molecule has 1 aromatic rings. The summed E-state index contributed by atoms with van der Waals surface area (Å²) >= 11 is 3.26. The molecule has 0 unspecified atom stereocenters. The van der Waals surface area contributed by atoms with Crippen molar-refractivity contribution in [3.05, 3.63) is 34.1 Å². The van der Waals surface area contributed by atoms with Gasteiger partial charge in [-0.25, -0.2) is 4.39 Å². The molecule has 0 aliphatic heterocycles. The van der Waals surface area contributed by atoms with E-state index >= 15 is 0 Å². The Morgan fingerprint density at radius 2 is 2.31 bits per heavy atom. The van der Waals surface area contributed by atoms with Crippen LogP contribution in [0.4, 0.5) is 4.39 Å². The SMILES string of the molecule is CC/C(=N/N)c1cc(Br)ccc1F. The first kappa shape index (κ1) is 10.2. The molecular weight excluding hydrogens is 235 g/mol. The summed E-state index contributed by atoms with van der Waals surface area (Å²) in [7, 11) is 0. The quantitative estimate of drug-likeness (QED) is 0.485. The molecule has 13 heavy (non-hydrogen) atoms. The second-order valence-electron chi connectivity index (χ2n) is 2.55. The van der Waals surface area contributed by atoms with E-state index in [1.165, 1.54) is 6.07 Å². The summed E-state index contributed by atoms with van der Waals surface area (Å²) in [5.74, 6) is 4.84. The fourth-order valence-electron chi connectivity index (χ4n) is 1.07. The Balaban J connectivity index is 3.19. The molecule has 1 aromatic carbocycles. The summed E-state index contributed by atoms with van der Waals surface area (Å²) in [4.78, 5) is 0. The fourth-order valence-corrected chi connectivity index (χ4v) is 1.43. The van der Waals surface area contributed by atoms with Crippen LogP contribution in [0.2, 0.25) is 0 Å². The van der Waals surface area contributed by atoms with E-state index in [1.54, 1.807) is 12.1 Å². The van der Waals surface area contributed by atoms with Crippen LogP contribution in [0.1, 0.15) is 18.9 Å². The predicted octanol–water partition coefficient (Wildman–Crippen LogP) is 2.66. The molecule has 70 valence electrons. The van der Waals surface area contributed by atoms with Gasteiger partial charge in [0.15, 0.2) is 0 Å². The molecule has 0 radical (unpaired) electrons. The maximum atomic E-state index is 13.2. The number of halogens is 2. The monoisotopic (exact) mass is 244 g/mol. The molecule has 2 N–H and O–H groups in total. The van der Waals surface area contributed by atoms with Crippen LogP contribution < -0.4 is 5.84 Å². The van der Waals surface area contributed by atoms with E-state index < -0.39 is 0 Å². The van der Waals surface area contributed by atoms with Crippen LogP contribution in [-0.2, 0) is 0 Å². The van der Waals surface area contributed by atoms with Gasteiger partial charge < -0.3 is 5.84 Å². The molecular formula is C9H10BrFN2. The van der Waals surface area contributed by atoms with Gasteiger partial charge in [-0.3, -0.25) is 0 Å². The number of rotatable bonds is 2. The highest BCUT2D eigenvalue weighted by Crippen LogP contribution is 2.17. The van der Waals surface area contributed by atoms with Crippen molar-refractivity contribution < 1.29 is 4.39 Å². The van der Waals surface area contributed by atoms with Crippen molar-refractivity contribution in [2.75, 3.05) is 0 Å². The Bertz CT molecular complexity index is 336. The van der Waals surface area contributed by atoms with Gasteiger partial charge in [-0.05, 0) is 24.6 Å². The lowest BCUT2D eigenvalue weighted by atomic mass is 10.1. The summed E-state index contributed by atoms with van der Waals surface area (Å²) in [5, 5.41) is 3.53. The van der Waals surface area contributed by atoms with Gasteiger partial charge in [0.05, 0.1) is 5.71 Å². The molecule has 0 fully saturated rings. The highest BCUT2D eigenvalue weighted by atomic mass is 79.9. The number of benzene rings is 1. The fraction of sp³-hybridized carbons (Fsp3) is 0.222. The van der Waals surface area contributed by atoms with Gasteiger partial charge in [-0.2, -0.15) is 5.10 Å². The number of hydrogen-bond donors (Lipinski definition) is 1. The average molecular weight is 245 g/mol. The Morgan fingerprint density at radius 3 is 2.85 bits per heavy atom. The van der Waals surface area contributed by atoms with Crippen molar-refractivity contribution in [1.82, 2.24) is 0 Å². The van der Waals surface area contributed by atoms with Crippen molar-refractivity contribution in [1.29, 1.82) is 0 Å². The zero-order valence-corrected chi connectivity index (χ0v) is 8.81. The van der Waals surface area contributed by atoms with E-state index in [9.17, 15) is 4.39 Å². The molecule has 0 atom stereocenters. The maximum absolute atomic E-state index is 13.2. The third-order valence-electron chi connectivity index (χ3n) is 1.73. The lowest BCUT2D eigenvalue weighted by Crippen LogP contribution is -2.05. The van der Waals surface area contributed by atoms with E-state index in [4.69, 9.17) is 5.84 Å². The Labute approximate surface area is 84.8 Å². The topological polar surface area (TPSA) is 38.4 Å². The van der Waals surface area contributed by atoms with Gasteiger partial charge in [-0.1, -0.05) is 22.9 Å². The van der Waals surface area contributed by atoms with E-state index in [0.717, 1.165) is 4.47 Å². The molecule has 0 heterocycles. The predicted molar refractivity (Wildman–Crippen MR) is 55.1 cm³/mol. The van der Waals surface area contributed by atoms with E-state index in [2.05, 4.69) is 21.0 Å². The minimum absolute atomic E-state index is 0.297. The van der Waals surface area contributed by atoms with Gasteiger partial charge >= 0.3 is 0 Å². The molecule has 0 aliphatic carbocycles. The second kappa shape index (κ2) is 4.37. The largest absolute Gasteiger partial charge is 0.323 e. The van der Waals surface area contributed by atoms with Crippen LogP contribution in [0.3, 0.4) is 0 Å². The Morgan fingerprint density at radius 1 is 1.62 bits per heavy atom. The van der Waals surface area contributed by atoms with E-state index in [0.29, 0.717) is 17.7 Å². The van der Waals surface area contributed by atoms with Gasteiger partial charge in [0.25, 0.3) is 0 Å². The van der Waals surface area contributed by atoms with Crippen molar-refractivity contribution in [3.63, 3.8) is 0 Å². The lowest BCUT2D eigenvalue weighted by molar-refractivity contribution is 0.624. The molecule has 0 saturated carbocycles. The molecule has 4 heteroatoms. The third kappa shape index (κ3) is 2.28. The molecule has 0 aromatic heterocycles. The summed E-state index contributed by atoms with van der Waals surface area (Å²) in [6.45, 7) is 1.88. The summed E-state index contributed by atoms with van der Waals surface area (Å²) in [6, 6.07) is 4.70. The smallest absolute Gasteiger partial charge is 0.132 e. The van der Waals surface area contributed by atoms with Crippen LogP contribution in [0, 0.1) is 5.82 Å². The van der Waals surface area contributed by atoms with Crippen molar-refractivity contribution in [3.8, 4) is 0 Å². The van der Waals surface area contributed by atoms with Gasteiger partial charge in [-0.15, -0.1) is 0 Å².